The zero-order chi connectivity index (χ0) is 14.9. The summed E-state index contributed by atoms with van der Waals surface area (Å²) in [5, 5.41) is 0. The molecule has 2 atom stereocenters. The summed E-state index contributed by atoms with van der Waals surface area (Å²) in [5.74, 6) is -0.0990. The molecule has 2 unspecified atom stereocenters. The van der Waals surface area contributed by atoms with Crippen molar-refractivity contribution in [1.29, 1.82) is 0 Å². The molecule has 1 fully saturated rings. The molecule has 0 aromatic heterocycles. The van der Waals surface area contributed by atoms with Gasteiger partial charge in [-0.25, -0.2) is 0 Å². The second-order valence-corrected chi connectivity index (χ2v) is 7.55. The van der Waals surface area contributed by atoms with Gasteiger partial charge in [0, 0.05) is 46.3 Å². The molecule has 2 aliphatic rings. The molecule has 114 valence electrons. The summed E-state index contributed by atoms with van der Waals surface area (Å²) in [4.78, 5) is 14.0. The highest BCUT2D eigenvalue weighted by molar-refractivity contribution is 7.86. The first kappa shape index (κ1) is 15.4. The Hall–Kier alpha value is -0.960. The predicted molar refractivity (Wildman–Crippen MR) is 76.0 cm³/mol. The van der Waals surface area contributed by atoms with Gasteiger partial charge in [0.05, 0.1) is 5.92 Å². The molecule has 1 aliphatic carbocycles. The van der Waals surface area contributed by atoms with E-state index in [2.05, 4.69) is 0 Å². The minimum atomic E-state index is -3.38. The van der Waals surface area contributed by atoms with Crippen LogP contribution in [0.15, 0.2) is 12.2 Å². The van der Waals surface area contributed by atoms with E-state index in [0.29, 0.717) is 32.6 Å². The molecule has 0 saturated carbocycles. The van der Waals surface area contributed by atoms with Crippen LogP contribution >= 0.6 is 0 Å². The first-order valence-corrected chi connectivity index (χ1v) is 8.12. The molecule has 1 saturated heterocycles. The van der Waals surface area contributed by atoms with Gasteiger partial charge < -0.3 is 10.6 Å². The van der Waals surface area contributed by atoms with Crippen molar-refractivity contribution in [3.63, 3.8) is 0 Å². The number of hydrogen-bond donors (Lipinski definition) is 1. The largest absolute Gasteiger partial charge is 0.340 e. The lowest BCUT2D eigenvalue weighted by Crippen LogP contribution is -2.53. The van der Waals surface area contributed by atoms with E-state index in [1.807, 2.05) is 12.2 Å². The number of hydrogen-bond acceptors (Lipinski definition) is 4. The molecular formula is C12H22N4O3S. The average molecular weight is 302 g/mol. The Morgan fingerprint density at radius 2 is 1.80 bits per heavy atom. The Bertz CT molecular complexity index is 495. The molecule has 1 heterocycles. The molecule has 0 bridgehead atoms. The standard InChI is InChI=1S/C12H22N4O3S/c1-14(2)20(18,19)16-7-5-15(6-8-16)12(17)10-3-4-11(13)9-10/h3-4,10-11H,5-9,13H2,1-2H3. The van der Waals surface area contributed by atoms with E-state index >= 15 is 0 Å². The fraction of sp³-hybridized carbons (Fsp3) is 0.750. The Morgan fingerprint density at radius 1 is 1.20 bits per heavy atom. The van der Waals surface area contributed by atoms with Crippen molar-refractivity contribution in [3.8, 4) is 0 Å². The second kappa shape index (κ2) is 5.80. The van der Waals surface area contributed by atoms with Gasteiger partial charge in [0.2, 0.25) is 5.91 Å². The van der Waals surface area contributed by atoms with Crippen LogP contribution in [0, 0.1) is 5.92 Å². The molecule has 20 heavy (non-hydrogen) atoms. The van der Waals surface area contributed by atoms with Crippen LogP contribution in [-0.4, -0.2) is 74.2 Å². The summed E-state index contributed by atoms with van der Waals surface area (Å²) in [6, 6.07) is -0.0423. The second-order valence-electron chi connectivity index (χ2n) is 5.41. The van der Waals surface area contributed by atoms with Crippen LogP contribution in [-0.2, 0) is 15.0 Å². The minimum Gasteiger partial charge on any atom is -0.340 e. The highest BCUT2D eigenvalue weighted by atomic mass is 32.2. The van der Waals surface area contributed by atoms with Crippen LogP contribution in [0.3, 0.4) is 0 Å². The molecule has 0 aromatic carbocycles. The maximum absolute atomic E-state index is 12.3. The van der Waals surface area contributed by atoms with Gasteiger partial charge in [-0.2, -0.15) is 17.0 Å². The van der Waals surface area contributed by atoms with Crippen LogP contribution in [0.4, 0.5) is 0 Å². The molecule has 8 heteroatoms. The van der Waals surface area contributed by atoms with Gasteiger partial charge in [-0.15, -0.1) is 0 Å². The van der Waals surface area contributed by atoms with Crippen LogP contribution in [0.2, 0.25) is 0 Å². The summed E-state index contributed by atoms with van der Waals surface area (Å²) in [6.45, 7) is 1.56. The van der Waals surface area contributed by atoms with E-state index < -0.39 is 10.2 Å². The average Bonchev–Trinajstić information content (AvgIpc) is 2.84. The topological polar surface area (TPSA) is 87.0 Å². The Morgan fingerprint density at radius 3 is 2.25 bits per heavy atom. The molecule has 1 amide bonds. The lowest BCUT2D eigenvalue weighted by Gasteiger charge is -2.36. The highest BCUT2D eigenvalue weighted by Gasteiger charge is 2.33. The molecule has 0 aromatic rings. The highest BCUT2D eigenvalue weighted by Crippen LogP contribution is 2.20. The monoisotopic (exact) mass is 302 g/mol. The van der Waals surface area contributed by atoms with Crippen LogP contribution in [0.1, 0.15) is 6.42 Å². The van der Waals surface area contributed by atoms with Gasteiger partial charge in [-0.3, -0.25) is 4.79 Å². The molecule has 2 N–H and O–H groups in total. The number of piperazine rings is 1. The number of carbonyl (C=O) groups excluding carboxylic acids is 1. The zero-order valence-electron chi connectivity index (χ0n) is 11.9. The Labute approximate surface area is 120 Å². The third-order valence-electron chi connectivity index (χ3n) is 3.77. The molecule has 1 aliphatic heterocycles. The van der Waals surface area contributed by atoms with Gasteiger partial charge in [0.1, 0.15) is 0 Å². The maximum Gasteiger partial charge on any atom is 0.281 e. The van der Waals surface area contributed by atoms with E-state index in [1.54, 1.807) is 4.90 Å². The van der Waals surface area contributed by atoms with Crippen LogP contribution in [0.25, 0.3) is 0 Å². The SMILES string of the molecule is CN(C)S(=O)(=O)N1CCN(C(=O)C2C=CC(N)C2)CC1. The third-order valence-corrected chi connectivity index (χ3v) is 5.71. The number of amides is 1. The number of nitrogens with zero attached hydrogens (tertiary/aromatic N) is 3. The quantitative estimate of drug-likeness (QED) is 0.666. The van der Waals surface area contributed by atoms with Crippen molar-refractivity contribution < 1.29 is 13.2 Å². The van der Waals surface area contributed by atoms with E-state index in [1.165, 1.54) is 22.7 Å². The molecular weight excluding hydrogens is 280 g/mol. The lowest BCUT2D eigenvalue weighted by atomic mass is 10.1. The van der Waals surface area contributed by atoms with Gasteiger partial charge in [-0.05, 0) is 6.42 Å². The van der Waals surface area contributed by atoms with E-state index in [0.717, 1.165) is 0 Å². The van der Waals surface area contributed by atoms with E-state index in [-0.39, 0.29) is 17.9 Å². The van der Waals surface area contributed by atoms with Gasteiger partial charge in [-0.1, -0.05) is 12.2 Å². The summed E-state index contributed by atoms with van der Waals surface area (Å²) in [7, 11) is -0.359. The summed E-state index contributed by atoms with van der Waals surface area (Å²) >= 11 is 0. The van der Waals surface area contributed by atoms with Crippen molar-refractivity contribution in [2.24, 2.45) is 11.7 Å². The smallest absolute Gasteiger partial charge is 0.281 e. The number of rotatable bonds is 3. The fourth-order valence-corrected chi connectivity index (χ4v) is 3.60. The first-order chi connectivity index (χ1) is 9.32. The third kappa shape index (κ3) is 3.03. The zero-order valence-corrected chi connectivity index (χ0v) is 12.7. The summed E-state index contributed by atoms with van der Waals surface area (Å²) in [6.07, 6.45) is 4.36. The van der Waals surface area contributed by atoms with Crippen molar-refractivity contribution in [1.82, 2.24) is 13.5 Å². The Balaban J connectivity index is 1.92. The molecule has 0 spiro atoms. The van der Waals surface area contributed by atoms with Crippen molar-refractivity contribution in [2.45, 2.75) is 12.5 Å². The molecule has 0 radical (unpaired) electrons. The van der Waals surface area contributed by atoms with Crippen molar-refractivity contribution in [3.05, 3.63) is 12.2 Å². The van der Waals surface area contributed by atoms with Crippen LogP contribution < -0.4 is 5.73 Å². The Kier molecular flexibility index (Phi) is 4.48. The van der Waals surface area contributed by atoms with Gasteiger partial charge in [0.25, 0.3) is 10.2 Å². The number of nitrogens with two attached hydrogens (primary N) is 1. The fourth-order valence-electron chi connectivity index (χ4n) is 2.51. The first-order valence-electron chi connectivity index (χ1n) is 6.72. The van der Waals surface area contributed by atoms with Crippen molar-refractivity contribution >= 4 is 16.1 Å². The van der Waals surface area contributed by atoms with E-state index in [9.17, 15) is 13.2 Å². The summed E-state index contributed by atoms with van der Waals surface area (Å²) in [5.41, 5.74) is 5.75. The minimum absolute atomic E-state index is 0.0423. The molecule has 2 rings (SSSR count). The van der Waals surface area contributed by atoms with Crippen LogP contribution in [0.5, 0.6) is 0 Å². The number of carbonyl (C=O) groups is 1. The summed E-state index contributed by atoms with van der Waals surface area (Å²) < 4.78 is 26.6. The molecule has 7 nitrogen and oxygen atoms in total. The van der Waals surface area contributed by atoms with E-state index in [4.69, 9.17) is 5.73 Å². The van der Waals surface area contributed by atoms with Crippen molar-refractivity contribution in [2.75, 3.05) is 40.3 Å². The van der Waals surface area contributed by atoms with Gasteiger partial charge in [0.15, 0.2) is 0 Å². The normalized spacial score (nSPS) is 28.3. The lowest BCUT2D eigenvalue weighted by molar-refractivity contribution is -0.135. The van der Waals surface area contributed by atoms with Gasteiger partial charge >= 0.3 is 0 Å². The predicted octanol–water partition coefficient (Wildman–Crippen LogP) is -1.16. The maximum atomic E-state index is 12.3.